The molecule has 1 aromatic carbocycles. The van der Waals surface area contributed by atoms with E-state index in [-0.39, 0.29) is 5.97 Å². The second-order valence-electron chi connectivity index (χ2n) is 6.43. The lowest BCUT2D eigenvalue weighted by molar-refractivity contribution is -0.154. The van der Waals surface area contributed by atoms with Crippen LogP contribution in [0.1, 0.15) is 42.7 Å². The molecule has 2 unspecified atom stereocenters. The molecule has 0 aromatic heterocycles. The van der Waals surface area contributed by atoms with Gasteiger partial charge in [0.05, 0.1) is 12.5 Å². The van der Waals surface area contributed by atoms with Crippen LogP contribution in [0.15, 0.2) is 24.3 Å². The Morgan fingerprint density at radius 1 is 1.35 bits per heavy atom. The van der Waals surface area contributed by atoms with E-state index in [2.05, 4.69) is 24.3 Å². The van der Waals surface area contributed by atoms with Crippen LogP contribution in [0.3, 0.4) is 0 Å². The lowest BCUT2D eigenvalue weighted by Crippen LogP contribution is -2.42. The standard InChI is InChI=1S/C17H23NO2/c1-20-16(19)17(11-18,9-12-6-7-12)10-14-8-13-4-2-3-5-15(13)14/h2-5,12,14H,6-11,18H2,1H3. The molecule has 3 nitrogen and oxygen atoms in total. The first-order chi connectivity index (χ1) is 9.68. The first-order valence-electron chi connectivity index (χ1n) is 7.55. The van der Waals surface area contributed by atoms with Gasteiger partial charge in [0.2, 0.25) is 0 Å². The third-order valence-corrected chi connectivity index (χ3v) is 4.98. The van der Waals surface area contributed by atoms with E-state index < -0.39 is 5.41 Å². The molecule has 20 heavy (non-hydrogen) atoms. The van der Waals surface area contributed by atoms with Gasteiger partial charge in [-0.3, -0.25) is 4.79 Å². The summed E-state index contributed by atoms with van der Waals surface area (Å²) in [4.78, 5) is 12.3. The molecule has 0 aliphatic heterocycles. The van der Waals surface area contributed by atoms with Gasteiger partial charge in [-0.25, -0.2) is 0 Å². The summed E-state index contributed by atoms with van der Waals surface area (Å²) in [5, 5.41) is 0. The van der Waals surface area contributed by atoms with Gasteiger partial charge < -0.3 is 10.5 Å². The highest BCUT2D eigenvalue weighted by Gasteiger charge is 2.46. The molecule has 1 fully saturated rings. The van der Waals surface area contributed by atoms with Crippen LogP contribution < -0.4 is 5.73 Å². The van der Waals surface area contributed by atoms with Gasteiger partial charge in [0, 0.05) is 6.54 Å². The maximum Gasteiger partial charge on any atom is 0.313 e. The molecular weight excluding hydrogens is 250 g/mol. The predicted molar refractivity (Wildman–Crippen MR) is 78.3 cm³/mol. The summed E-state index contributed by atoms with van der Waals surface area (Å²) >= 11 is 0. The average molecular weight is 273 g/mol. The number of carbonyl (C=O) groups excluding carboxylic acids is 1. The number of rotatable bonds is 6. The van der Waals surface area contributed by atoms with E-state index in [1.807, 2.05) is 0 Å². The van der Waals surface area contributed by atoms with Gasteiger partial charge in [0.25, 0.3) is 0 Å². The number of benzene rings is 1. The van der Waals surface area contributed by atoms with E-state index >= 15 is 0 Å². The number of ether oxygens (including phenoxy) is 1. The van der Waals surface area contributed by atoms with Crippen molar-refractivity contribution in [1.82, 2.24) is 0 Å². The fourth-order valence-corrected chi connectivity index (χ4v) is 3.61. The average Bonchev–Trinajstić information content (AvgIpc) is 3.26. The highest BCUT2D eigenvalue weighted by atomic mass is 16.5. The molecule has 1 aromatic rings. The van der Waals surface area contributed by atoms with Crippen molar-refractivity contribution in [1.29, 1.82) is 0 Å². The molecule has 0 spiro atoms. The minimum absolute atomic E-state index is 0.115. The van der Waals surface area contributed by atoms with Gasteiger partial charge in [-0.1, -0.05) is 37.1 Å². The van der Waals surface area contributed by atoms with Gasteiger partial charge in [-0.2, -0.15) is 0 Å². The number of hydrogen-bond acceptors (Lipinski definition) is 3. The zero-order valence-electron chi connectivity index (χ0n) is 12.1. The lowest BCUT2D eigenvalue weighted by Gasteiger charge is -2.38. The maximum absolute atomic E-state index is 12.3. The van der Waals surface area contributed by atoms with Crippen molar-refractivity contribution < 1.29 is 9.53 Å². The number of nitrogens with two attached hydrogens (primary N) is 1. The first kappa shape index (κ1) is 13.6. The summed E-state index contributed by atoms with van der Waals surface area (Å²) < 4.78 is 5.07. The molecular formula is C17H23NO2. The van der Waals surface area contributed by atoms with E-state index in [4.69, 9.17) is 10.5 Å². The van der Waals surface area contributed by atoms with E-state index in [0.29, 0.717) is 18.4 Å². The Bertz CT molecular complexity index is 509. The Balaban J connectivity index is 1.78. The largest absolute Gasteiger partial charge is 0.469 e. The van der Waals surface area contributed by atoms with Gasteiger partial charge in [-0.15, -0.1) is 0 Å². The monoisotopic (exact) mass is 273 g/mol. The van der Waals surface area contributed by atoms with Crippen LogP contribution in [-0.2, 0) is 16.0 Å². The second-order valence-corrected chi connectivity index (χ2v) is 6.43. The summed E-state index contributed by atoms with van der Waals surface area (Å²) in [5.41, 5.74) is 8.34. The molecule has 0 bridgehead atoms. The Kier molecular flexibility index (Phi) is 3.55. The van der Waals surface area contributed by atoms with Crippen LogP contribution in [0.2, 0.25) is 0 Å². The van der Waals surface area contributed by atoms with Gasteiger partial charge >= 0.3 is 5.97 Å². The molecule has 0 heterocycles. The Morgan fingerprint density at radius 3 is 2.70 bits per heavy atom. The molecule has 2 aliphatic carbocycles. The van der Waals surface area contributed by atoms with Crippen molar-refractivity contribution in [2.75, 3.05) is 13.7 Å². The van der Waals surface area contributed by atoms with Crippen molar-refractivity contribution in [3.8, 4) is 0 Å². The van der Waals surface area contributed by atoms with Crippen LogP contribution in [-0.4, -0.2) is 19.6 Å². The molecule has 2 atom stereocenters. The van der Waals surface area contributed by atoms with Gasteiger partial charge in [0.1, 0.15) is 0 Å². The highest BCUT2D eigenvalue weighted by molar-refractivity contribution is 5.77. The topological polar surface area (TPSA) is 52.3 Å². The van der Waals surface area contributed by atoms with Crippen molar-refractivity contribution >= 4 is 5.97 Å². The number of hydrogen-bond donors (Lipinski definition) is 1. The number of methoxy groups -OCH3 is 1. The maximum atomic E-state index is 12.3. The Morgan fingerprint density at radius 2 is 2.10 bits per heavy atom. The third-order valence-electron chi connectivity index (χ3n) is 4.98. The first-order valence-corrected chi connectivity index (χ1v) is 7.55. The van der Waals surface area contributed by atoms with E-state index in [0.717, 1.165) is 19.3 Å². The Labute approximate surface area is 120 Å². The summed E-state index contributed by atoms with van der Waals surface area (Å²) in [6, 6.07) is 8.51. The van der Waals surface area contributed by atoms with Crippen molar-refractivity contribution in [3.63, 3.8) is 0 Å². The van der Waals surface area contributed by atoms with Crippen LogP contribution in [0.4, 0.5) is 0 Å². The number of carbonyl (C=O) groups is 1. The van der Waals surface area contributed by atoms with Gasteiger partial charge in [-0.05, 0) is 42.2 Å². The van der Waals surface area contributed by atoms with Crippen LogP contribution in [0, 0.1) is 11.3 Å². The molecule has 108 valence electrons. The van der Waals surface area contributed by atoms with E-state index in [1.54, 1.807) is 0 Å². The lowest BCUT2D eigenvalue weighted by atomic mass is 9.66. The minimum Gasteiger partial charge on any atom is -0.469 e. The number of esters is 1. The normalized spacial score (nSPS) is 23.4. The summed E-state index contributed by atoms with van der Waals surface area (Å²) in [7, 11) is 1.48. The van der Waals surface area contributed by atoms with Crippen LogP contribution in [0.5, 0.6) is 0 Å². The molecule has 0 radical (unpaired) electrons. The summed E-state index contributed by atoms with van der Waals surface area (Å²) in [5.74, 6) is 1.02. The predicted octanol–water partition coefficient (Wildman–Crippen LogP) is 2.63. The van der Waals surface area contributed by atoms with E-state index in [1.165, 1.54) is 31.1 Å². The third kappa shape index (κ3) is 2.35. The molecule has 2 aliphatic rings. The zero-order valence-corrected chi connectivity index (χ0v) is 12.1. The fraction of sp³-hybridized carbons (Fsp3) is 0.588. The number of fused-ring (bicyclic) bond motifs is 1. The SMILES string of the molecule is COC(=O)C(CN)(CC1CC1)CC1Cc2ccccc21. The van der Waals surface area contributed by atoms with Crippen molar-refractivity contribution in [3.05, 3.63) is 35.4 Å². The molecule has 1 saturated carbocycles. The van der Waals surface area contributed by atoms with Crippen LogP contribution >= 0.6 is 0 Å². The molecule has 0 amide bonds. The van der Waals surface area contributed by atoms with Crippen molar-refractivity contribution in [2.45, 2.75) is 38.0 Å². The van der Waals surface area contributed by atoms with E-state index in [9.17, 15) is 4.79 Å². The second kappa shape index (κ2) is 5.21. The minimum atomic E-state index is -0.478. The summed E-state index contributed by atoms with van der Waals surface area (Å²) in [6.45, 7) is 0.398. The summed E-state index contributed by atoms with van der Waals surface area (Å²) in [6.07, 6.45) is 5.28. The Hall–Kier alpha value is -1.35. The molecule has 2 N–H and O–H groups in total. The molecule has 3 heteroatoms. The highest BCUT2D eigenvalue weighted by Crippen LogP contribution is 2.48. The fourth-order valence-electron chi connectivity index (χ4n) is 3.61. The van der Waals surface area contributed by atoms with Crippen molar-refractivity contribution in [2.24, 2.45) is 17.1 Å². The van der Waals surface area contributed by atoms with Crippen LogP contribution in [0.25, 0.3) is 0 Å². The molecule has 3 rings (SSSR count). The zero-order chi connectivity index (χ0) is 14.2. The van der Waals surface area contributed by atoms with Gasteiger partial charge in [0.15, 0.2) is 0 Å². The molecule has 0 saturated heterocycles. The smallest absolute Gasteiger partial charge is 0.313 e. The quantitative estimate of drug-likeness (QED) is 0.811.